The Hall–Kier alpha value is -1.04. The van der Waals surface area contributed by atoms with Gasteiger partial charge in [-0.1, -0.05) is 19.9 Å². The SMILES string of the molecule is CC(C)(CO)[C@H](c1ccc(F)cc1F)N1CCNCC1. The van der Waals surface area contributed by atoms with Gasteiger partial charge in [-0.3, -0.25) is 4.90 Å². The fourth-order valence-corrected chi connectivity index (χ4v) is 2.86. The monoisotopic (exact) mass is 284 g/mol. The molecule has 3 nitrogen and oxygen atoms in total. The van der Waals surface area contributed by atoms with E-state index < -0.39 is 17.0 Å². The fourth-order valence-electron chi connectivity index (χ4n) is 2.86. The Morgan fingerprint density at radius 2 is 1.95 bits per heavy atom. The molecule has 0 saturated carbocycles. The first-order chi connectivity index (χ1) is 9.45. The molecule has 1 saturated heterocycles. The molecular formula is C15H22F2N2O. The number of aliphatic hydroxyl groups excluding tert-OH is 1. The van der Waals surface area contributed by atoms with Gasteiger partial charge in [0.05, 0.1) is 0 Å². The van der Waals surface area contributed by atoms with Gasteiger partial charge in [0, 0.05) is 55.9 Å². The predicted molar refractivity (Wildman–Crippen MR) is 74.4 cm³/mol. The summed E-state index contributed by atoms with van der Waals surface area (Å²) in [4.78, 5) is 2.16. The fraction of sp³-hybridized carbons (Fsp3) is 0.600. The molecule has 0 bridgehead atoms. The van der Waals surface area contributed by atoms with Crippen molar-refractivity contribution in [2.45, 2.75) is 19.9 Å². The van der Waals surface area contributed by atoms with Crippen molar-refractivity contribution in [3.05, 3.63) is 35.4 Å². The van der Waals surface area contributed by atoms with Gasteiger partial charge in [-0.15, -0.1) is 0 Å². The van der Waals surface area contributed by atoms with Crippen LogP contribution in [0.3, 0.4) is 0 Å². The molecule has 0 radical (unpaired) electrons. The molecule has 2 N–H and O–H groups in total. The third-order valence-corrected chi connectivity index (χ3v) is 3.92. The number of nitrogens with one attached hydrogen (secondary N) is 1. The Morgan fingerprint density at radius 1 is 1.30 bits per heavy atom. The molecule has 1 aliphatic heterocycles. The highest BCUT2D eigenvalue weighted by molar-refractivity contribution is 5.24. The minimum atomic E-state index is -0.577. The largest absolute Gasteiger partial charge is 0.396 e. The third-order valence-electron chi connectivity index (χ3n) is 3.92. The van der Waals surface area contributed by atoms with Crippen molar-refractivity contribution < 1.29 is 13.9 Å². The normalized spacial score (nSPS) is 19.1. The zero-order valence-electron chi connectivity index (χ0n) is 12.0. The van der Waals surface area contributed by atoms with Gasteiger partial charge in [0.15, 0.2) is 0 Å². The second-order valence-corrected chi connectivity index (χ2v) is 6.00. The summed E-state index contributed by atoms with van der Waals surface area (Å²) >= 11 is 0. The van der Waals surface area contributed by atoms with E-state index in [2.05, 4.69) is 10.2 Å². The summed E-state index contributed by atoms with van der Waals surface area (Å²) in [7, 11) is 0. The molecular weight excluding hydrogens is 262 g/mol. The number of halogens is 2. The van der Waals surface area contributed by atoms with Crippen molar-refractivity contribution >= 4 is 0 Å². The summed E-state index contributed by atoms with van der Waals surface area (Å²) in [6.45, 7) is 6.99. The van der Waals surface area contributed by atoms with Crippen molar-refractivity contribution in [3.63, 3.8) is 0 Å². The number of hydrogen-bond acceptors (Lipinski definition) is 3. The van der Waals surface area contributed by atoms with Gasteiger partial charge in [0.1, 0.15) is 11.6 Å². The Morgan fingerprint density at radius 3 is 2.50 bits per heavy atom. The van der Waals surface area contributed by atoms with Crippen molar-refractivity contribution in [2.75, 3.05) is 32.8 Å². The molecule has 1 aliphatic rings. The van der Waals surface area contributed by atoms with E-state index in [1.807, 2.05) is 13.8 Å². The van der Waals surface area contributed by atoms with Gasteiger partial charge >= 0.3 is 0 Å². The van der Waals surface area contributed by atoms with E-state index in [0.717, 1.165) is 32.2 Å². The summed E-state index contributed by atoms with van der Waals surface area (Å²) in [5.41, 5.74) is -0.0527. The first-order valence-electron chi connectivity index (χ1n) is 6.96. The number of aliphatic hydroxyl groups is 1. The topological polar surface area (TPSA) is 35.5 Å². The number of rotatable bonds is 4. The number of hydrogen-bond donors (Lipinski definition) is 2. The van der Waals surface area contributed by atoms with Crippen LogP contribution in [0.1, 0.15) is 25.5 Å². The maximum absolute atomic E-state index is 14.2. The first-order valence-corrected chi connectivity index (χ1v) is 6.96. The highest BCUT2D eigenvalue weighted by Crippen LogP contribution is 2.39. The molecule has 0 spiro atoms. The van der Waals surface area contributed by atoms with Gasteiger partial charge in [0.25, 0.3) is 0 Å². The predicted octanol–water partition coefficient (Wildman–Crippen LogP) is 1.93. The van der Waals surface area contributed by atoms with Crippen LogP contribution in [0.25, 0.3) is 0 Å². The van der Waals surface area contributed by atoms with E-state index in [1.165, 1.54) is 12.1 Å². The van der Waals surface area contributed by atoms with Crippen LogP contribution in [0.15, 0.2) is 18.2 Å². The quantitative estimate of drug-likeness (QED) is 0.887. The number of benzene rings is 1. The van der Waals surface area contributed by atoms with Crippen LogP contribution in [0.5, 0.6) is 0 Å². The second kappa shape index (κ2) is 6.16. The van der Waals surface area contributed by atoms with Crippen LogP contribution in [0.4, 0.5) is 8.78 Å². The summed E-state index contributed by atoms with van der Waals surface area (Å²) in [6.07, 6.45) is 0. The van der Waals surface area contributed by atoms with E-state index in [4.69, 9.17) is 0 Å². The smallest absolute Gasteiger partial charge is 0.130 e. The molecule has 0 aliphatic carbocycles. The molecule has 20 heavy (non-hydrogen) atoms. The lowest BCUT2D eigenvalue weighted by Gasteiger charge is -2.43. The highest BCUT2D eigenvalue weighted by Gasteiger charge is 2.37. The Labute approximate surface area is 118 Å². The average Bonchev–Trinajstić information content (AvgIpc) is 2.43. The van der Waals surface area contributed by atoms with Gasteiger partial charge in [0.2, 0.25) is 0 Å². The van der Waals surface area contributed by atoms with E-state index in [1.54, 1.807) is 0 Å². The molecule has 2 rings (SSSR count). The Bertz CT molecular complexity index is 459. The molecule has 1 aromatic rings. The zero-order valence-corrected chi connectivity index (χ0v) is 12.0. The molecule has 112 valence electrons. The summed E-state index contributed by atoms with van der Waals surface area (Å²) < 4.78 is 27.3. The minimum absolute atomic E-state index is 0.0571. The van der Waals surface area contributed by atoms with Gasteiger partial charge in [-0.05, 0) is 6.07 Å². The van der Waals surface area contributed by atoms with Crippen LogP contribution in [0.2, 0.25) is 0 Å². The first kappa shape index (κ1) is 15.4. The van der Waals surface area contributed by atoms with Gasteiger partial charge < -0.3 is 10.4 Å². The van der Waals surface area contributed by atoms with E-state index in [-0.39, 0.29) is 12.6 Å². The molecule has 1 fully saturated rings. The summed E-state index contributed by atoms with van der Waals surface area (Å²) in [6, 6.07) is 3.42. The second-order valence-electron chi connectivity index (χ2n) is 6.00. The lowest BCUT2D eigenvalue weighted by Crippen LogP contribution is -2.49. The summed E-state index contributed by atoms with van der Waals surface area (Å²) in [5, 5.41) is 12.9. The van der Waals surface area contributed by atoms with Crippen molar-refractivity contribution in [3.8, 4) is 0 Å². The van der Waals surface area contributed by atoms with Crippen LogP contribution in [0, 0.1) is 17.0 Å². The van der Waals surface area contributed by atoms with Gasteiger partial charge in [-0.2, -0.15) is 0 Å². The number of piperazine rings is 1. The maximum atomic E-state index is 14.2. The number of nitrogens with zero attached hydrogens (tertiary/aromatic N) is 1. The van der Waals surface area contributed by atoms with E-state index >= 15 is 0 Å². The molecule has 5 heteroatoms. The molecule has 1 aromatic carbocycles. The van der Waals surface area contributed by atoms with Crippen LogP contribution >= 0.6 is 0 Å². The molecule has 1 heterocycles. The standard InChI is InChI=1S/C15H22F2N2O/c1-15(2,10-20)14(19-7-5-18-6-8-19)12-4-3-11(16)9-13(12)17/h3-4,9,14,18,20H,5-8,10H2,1-2H3/t14-/m0/s1. The van der Waals surface area contributed by atoms with Crippen molar-refractivity contribution in [1.82, 2.24) is 10.2 Å². The third kappa shape index (κ3) is 3.16. The minimum Gasteiger partial charge on any atom is -0.396 e. The molecule has 0 unspecified atom stereocenters. The molecule has 1 atom stereocenters. The molecule has 0 aromatic heterocycles. The van der Waals surface area contributed by atoms with Gasteiger partial charge in [-0.25, -0.2) is 8.78 Å². The lowest BCUT2D eigenvalue weighted by molar-refractivity contribution is 0.0286. The van der Waals surface area contributed by atoms with E-state index in [9.17, 15) is 13.9 Å². The van der Waals surface area contributed by atoms with Crippen molar-refractivity contribution in [2.24, 2.45) is 5.41 Å². The summed E-state index contributed by atoms with van der Waals surface area (Å²) in [5.74, 6) is -1.12. The van der Waals surface area contributed by atoms with Crippen LogP contribution in [-0.2, 0) is 0 Å². The van der Waals surface area contributed by atoms with Crippen molar-refractivity contribution in [1.29, 1.82) is 0 Å². The van der Waals surface area contributed by atoms with Crippen LogP contribution < -0.4 is 5.32 Å². The highest BCUT2D eigenvalue weighted by atomic mass is 19.1. The maximum Gasteiger partial charge on any atom is 0.130 e. The lowest BCUT2D eigenvalue weighted by atomic mass is 9.79. The Kier molecular flexibility index (Phi) is 4.73. The Balaban J connectivity index is 2.39. The zero-order chi connectivity index (χ0) is 14.8. The average molecular weight is 284 g/mol. The van der Waals surface area contributed by atoms with E-state index in [0.29, 0.717) is 5.56 Å². The molecule has 0 amide bonds. The van der Waals surface area contributed by atoms with Crippen LogP contribution in [-0.4, -0.2) is 42.8 Å².